The molecule has 0 atom stereocenters. The highest BCUT2D eigenvalue weighted by Crippen LogP contribution is 2.24. The predicted octanol–water partition coefficient (Wildman–Crippen LogP) is 1.61. The van der Waals surface area contributed by atoms with Gasteiger partial charge >= 0.3 is 0 Å². The van der Waals surface area contributed by atoms with E-state index in [4.69, 9.17) is 10.8 Å². The van der Waals surface area contributed by atoms with Gasteiger partial charge in [-0.3, -0.25) is 0 Å². The van der Waals surface area contributed by atoms with Crippen LogP contribution in [0, 0.1) is 11.8 Å². The van der Waals surface area contributed by atoms with Crippen molar-refractivity contribution in [1.82, 2.24) is 4.98 Å². The topological polar surface area (TPSA) is 59.1 Å². The van der Waals surface area contributed by atoms with E-state index in [0.29, 0.717) is 11.6 Å². The third-order valence-corrected chi connectivity index (χ3v) is 2.72. The number of aromatic nitrogens is 1. The van der Waals surface area contributed by atoms with Gasteiger partial charge in [-0.05, 0) is 18.2 Å². The van der Waals surface area contributed by atoms with Gasteiger partial charge in [0.1, 0.15) is 0 Å². The molecule has 1 aromatic carbocycles. The summed E-state index contributed by atoms with van der Waals surface area (Å²) in [4.78, 5) is 4.16. The molecule has 0 spiro atoms. The summed E-state index contributed by atoms with van der Waals surface area (Å²) < 4.78 is 1.04. The molecule has 76 valence electrons. The lowest BCUT2D eigenvalue weighted by Crippen LogP contribution is -1.79. The number of aliphatic hydroxyl groups excluding tert-OH is 1. The highest BCUT2D eigenvalue weighted by Gasteiger charge is 2.00. The van der Waals surface area contributed by atoms with Gasteiger partial charge in [0.2, 0.25) is 0 Å². The molecule has 3 N–H and O–H groups in total. The lowest BCUT2D eigenvalue weighted by molar-refractivity contribution is 0.305. The van der Waals surface area contributed by atoms with E-state index < -0.39 is 0 Å². The van der Waals surface area contributed by atoms with Crippen LogP contribution >= 0.6 is 11.3 Å². The lowest BCUT2D eigenvalue weighted by Gasteiger charge is -1.89. The molecule has 15 heavy (non-hydrogen) atoms. The maximum atomic E-state index is 8.59. The van der Waals surface area contributed by atoms with Crippen LogP contribution in [-0.4, -0.2) is 16.7 Å². The van der Waals surface area contributed by atoms with E-state index >= 15 is 0 Å². The van der Waals surface area contributed by atoms with Gasteiger partial charge in [-0.25, -0.2) is 4.98 Å². The van der Waals surface area contributed by atoms with Gasteiger partial charge in [0.05, 0.1) is 16.8 Å². The normalized spacial score (nSPS) is 9.93. The number of nitrogen functional groups attached to an aromatic ring is 1. The van der Waals surface area contributed by atoms with Crippen molar-refractivity contribution in [3.8, 4) is 11.8 Å². The smallest absolute Gasteiger partial charge is 0.181 e. The Morgan fingerprint density at radius 2 is 2.33 bits per heavy atom. The fourth-order valence-corrected chi connectivity index (χ4v) is 2.01. The van der Waals surface area contributed by atoms with Crippen molar-refractivity contribution in [2.24, 2.45) is 0 Å². The highest BCUT2D eigenvalue weighted by atomic mass is 32.1. The zero-order valence-electron chi connectivity index (χ0n) is 8.03. The van der Waals surface area contributed by atoms with Crippen molar-refractivity contribution in [3.63, 3.8) is 0 Å². The standard InChI is InChI=1S/C11H10N2OS/c12-11-13-9-5-4-8(3-1-2-6-14)7-10(9)15-11/h4-5,7,14H,2,6H2,(H2,12,13). The first-order valence-electron chi connectivity index (χ1n) is 4.55. The SMILES string of the molecule is Nc1nc2ccc(C#CCCO)cc2s1. The van der Waals surface area contributed by atoms with Crippen LogP contribution in [0.5, 0.6) is 0 Å². The van der Waals surface area contributed by atoms with Gasteiger partial charge in [0, 0.05) is 12.0 Å². The van der Waals surface area contributed by atoms with Gasteiger partial charge in [-0.15, -0.1) is 0 Å². The second kappa shape index (κ2) is 4.30. The summed E-state index contributed by atoms with van der Waals surface area (Å²) in [7, 11) is 0. The van der Waals surface area contributed by atoms with E-state index in [9.17, 15) is 0 Å². The fraction of sp³-hybridized carbons (Fsp3) is 0.182. The van der Waals surface area contributed by atoms with Crippen molar-refractivity contribution in [3.05, 3.63) is 23.8 Å². The summed E-state index contributed by atoms with van der Waals surface area (Å²) in [6.45, 7) is 0.1000. The third-order valence-electron chi connectivity index (χ3n) is 1.87. The summed E-state index contributed by atoms with van der Waals surface area (Å²) in [5.74, 6) is 5.85. The average Bonchev–Trinajstić information content (AvgIpc) is 2.57. The lowest BCUT2D eigenvalue weighted by atomic mass is 10.2. The zero-order valence-corrected chi connectivity index (χ0v) is 8.84. The number of rotatable bonds is 1. The fourth-order valence-electron chi connectivity index (χ4n) is 1.24. The largest absolute Gasteiger partial charge is 0.395 e. The Morgan fingerprint density at radius 1 is 1.47 bits per heavy atom. The summed E-state index contributed by atoms with van der Waals surface area (Å²) in [5.41, 5.74) is 7.44. The second-order valence-electron chi connectivity index (χ2n) is 3.01. The number of anilines is 1. The average molecular weight is 218 g/mol. The summed E-state index contributed by atoms with van der Waals surface area (Å²) in [6, 6.07) is 5.78. The summed E-state index contributed by atoms with van der Waals surface area (Å²) in [6.07, 6.45) is 0.503. The minimum Gasteiger partial charge on any atom is -0.395 e. The Balaban J connectivity index is 2.35. The predicted molar refractivity (Wildman–Crippen MR) is 62.6 cm³/mol. The molecule has 3 nitrogen and oxygen atoms in total. The van der Waals surface area contributed by atoms with Crippen LogP contribution in [0.2, 0.25) is 0 Å². The molecule has 1 aromatic heterocycles. The second-order valence-corrected chi connectivity index (χ2v) is 4.07. The van der Waals surface area contributed by atoms with Crippen molar-refractivity contribution in [2.45, 2.75) is 6.42 Å². The number of nitrogens with two attached hydrogens (primary N) is 1. The van der Waals surface area contributed by atoms with Crippen LogP contribution < -0.4 is 5.73 Å². The molecule has 0 fully saturated rings. The molecule has 0 aliphatic heterocycles. The van der Waals surface area contributed by atoms with E-state index in [1.807, 2.05) is 18.2 Å². The molecule has 0 radical (unpaired) electrons. The van der Waals surface area contributed by atoms with E-state index in [1.54, 1.807) is 0 Å². The van der Waals surface area contributed by atoms with Crippen LogP contribution in [-0.2, 0) is 0 Å². The van der Waals surface area contributed by atoms with Crippen molar-refractivity contribution < 1.29 is 5.11 Å². The quantitative estimate of drug-likeness (QED) is 0.715. The van der Waals surface area contributed by atoms with Crippen LogP contribution in [0.4, 0.5) is 5.13 Å². The first kappa shape index (κ1) is 9.97. The molecular weight excluding hydrogens is 208 g/mol. The minimum absolute atomic E-state index is 0.1000. The van der Waals surface area contributed by atoms with E-state index in [-0.39, 0.29) is 6.61 Å². The monoisotopic (exact) mass is 218 g/mol. The summed E-state index contributed by atoms with van der Waals surface area (Å²) >= 11 is 1.46. The zero-order chi connectivity index (χ0) is 10.7. The Bertz CT molecular complexity index is 536. The van der Waals surface area contributed by atoms with E-state index in [0.717, 1.165) is 15.8 Å². The van der Waals surface area contributed by atoms with Crippen molar-refractivity contribution in [1.29, 1.82) is 0 Å². The van der Waals surface area contributed by atoms with Crippen LogP contribution in [0.15, 0.2) is 18.2 Å². The number of aliphatic hydroxyl groups is 1. The van der Waals surface area contributed by atoms with Gasteiger partial charge < -0.3 is 10.8 Å². The maximum Gasteiger partial charge on any atom is 0.181 e. The van der Waals surface area contributed by atoms with E-state index in [2.05, 4.69) is 16.8 Å². The molecule has 0 saturated carbocycles. The van der Waals surface area contributed by atoms with Gasteiger partial charge in [0.25, 0.3) is 0 Å². The number of fused-ring (bicyclic) bond motifs is 1. The van der Waals surface area contributed by atoms with E-state index in [1.165, 1.54) is 11.3 Å². The van der Waals surface area contributed by atoms with Crippen molar-refractivity contribution >= 4 is 26.7 Å². The minimum atomic E-state index is 0.1000. The number of hydrogen-bond acceptors (Lipinski definition) is 4. The van der Waals surface area contributed by atoms with Crippen LogP contribution in [0.1, 0.15) is 12.0 Å². The molecule has 1 heterocycles. The molecule has 0 saturated heterocycles. The molecule has 0 aliphatic carbocycles. The molecule has 0 unspecified atom stereocenters. The maximum absolute atomic E-state index is 8.59. The number of thiazole rings is 1. The number of benzene rings is 1. The van der Waals surface area contributed by atoms with Gasteiger partial charge in [-0.1, -0.05) is 23.2 Å². The Hall–Kier alpha value is -1.57. The van der Waals surface area contributed by atoms with Crippen molar-refractivity contribution in [2.75, 3.05) is 12.3 Å². The Kier molecular flexibility index (Phi) is 2.86. The highest BCUT2D eigenvalue weighted by molar-refractivity contribution is 7.22. The van der Waals surface area contributed by atoms with Crippen LogP contribution in [0.3, 0.4) is 0 Å². The molecular formula is C11H10N2OS. The first-order valence-corrected chi connectivity index (χ1v) is 5.37. The number of hydrogen-bond donors (Lipinski definition) is 2. The molecule has 4 heteroatoms. The molecule has 0 aliphatic rings. The molecule has 0 bridgehead atoms. The third kappa shape index (κ3) is 2.27. The van der Waals surface area contributed by atoms with Gasteiger partial charge in [0.15, 0.2) is 5.13 Å². The van der Waals surface area contributed by atoms with Crippen LogP contribution in [0.25, 0.3) is 10.2 Å². The Morgan fingerprint density at radius 3 is 3.13 bits per heavy atom. The first-order chi connectivity index (χ1) is 7.29. The molecule has 0 amide bonds. The van der Waals surface area contributed by atoms with Gasteiger partial charge in [-0.2, -0.15) is 0 Å². The number of nitrogens with zero attached hydrogens (tertiary/aromatic N) is 1. The molecule has 2 aromatic rings. The molecule has 2 rings (SSSR count). The Labute approximate surface area is 91.6 Å². The summed E-state index contributed by atoms with van der Waals surface area (Å²) in [5, 5.41) is 9.17.